The minimum Gasteiger partial charge on any atom is -0.336 e. The zero-order valence-electron chi connectivity index (χ0n) is 18.1. The molecular weight excluding hydrogens is 404 g/mol. The van der Waals surface area contributed by atoms with Crippen LogP contribution in [-0.2, 0) is 0 Å². The number of carbonyl (C=O) groups excluding carboxylic acids is 1. The number of rotatable bonds is 3. The second-order valence-corrected chi connectivity index (χ2v) is 8.29. The Hall–Kier alpha value is -3.78. The number of carbonyl (C=O) groups is 1. The van der Waals surface area contributed by atoms with Gasteiger partial charge in [-0.15, -0.1) is 5.10 Å². The third-order valence-corrected chi connectivity index (χ3v) is 5.94. The molecule has 162 valence electrons. The van der Waals surface area contributed by atoms with Gasteiger partial charge in [-0.2, -0.15) is 0 Å². The number of aromatic nitrogens is 4. The molecule has 0 bridgehead atoms. The summed E-state index contributed by atoms with van der Waals surface area (Å²) in [7, 11) is 2.07. The minimum atomic E-state index is -0.205. The summed E-state index contributed by atoms with van der Waals surface area (Å²) in [6.45, 7) is 5.24. The highest BCUT2D eigenvalue weighted by Crippen LogP contribution is 2.20. The second-order valence-electron chi connectivity index (χ2n) is 8.29. The lowest BCUT2D eigenvalue weighted by Gasteiger charge is -2.32. The smallest absolute Gasteiger partial charge is 0.258 e. The van der Waals surface area contributed by atoms with Crippen LogP contribution in [0.3, 0.4) is 0 Å². The highest BCUT2D eigenvalue weighted by atomic mass is 16.2. The summed E-state index contributed by atoms with van der Waals surface area (Å²) >= 11 is 0. The van der Waals surface area contributed by atoms with E-state index in [4.69, 9.17) is 0 Å². The molecule has 2 aromatic heterocycles. The molecule has 4 aromatic rings. The lowest BCUT2D eigenvalue weighted by Crippen LogP contribution is -2.47. The maximum absolute atomic E-state index is 12.7. The van der Waals surface area contributed by atoms with E-state index in [0.717, 1.165) is 48.3 Å². The Morgan fingerprint density at radius 3 is 2.50 bits per heavy atom. The molecule has 32 heavy (non-hydrogen) atoms. The molecule has 0 radical (unpaired) electrons. The van der Waals surface area contributed by atoms with Gasteiger partial charge in [-0.05, 0) is 61.3 Å². The van der Waals surface area contributed by atoms with Crippen molar-refractivity contribution in [2.45, 2.75) is 6.92 Å². The molecule has 5 rings (SSSR count). The van der Waals surface area contributed by atoms with Crippen molar-refractivity contribution < 1.29 is 4.79 Å². The molecular formula is C24H24N6O2. The molecule has 1 saturated heterocycles. The molecule has 8 heteroatoms. The Labute approximate surface area is 185 Å². The number of likely N-dealkylation sites (N-methyl/N-ethyl adjacent to an activating group) is 1. The summed E-state index contributed by atoms with van der Waals surface area (Å²) in [4.78, 5) is 32.4. The molecule has 3 heterocycles. The van der Waals surface area contributed by atoms with Crippen LogP contribution in [0.4, 0.5) is 0 Å². The van der Waals surface area contributed by atoms with Crippen LogP contribution in [0.2, 0.25) is 0 Å². The Balaban J connectivity index is 1.38. The van der Waals surface area contributed by atoms with Gasteiger partial charge in [0.15, 0.2) is 0 Å². The fourth-order valence-electron chi connectivity index (χ4n) is 3.97. The van der Waals surface area contributed by atoms with E-state index < -0.39 is 0 Å². The van der Waals surface area contributed by atoms with Crippen molar-refractivity contribution in [3.8, 4) is 16.9 Å². The van der Waals surface area contributed by atoms with E-state index in [2.05, 4.69) is 27.2 Å². The maximum Gasteiger partial charge on any atom is 0.258 e. The van der Waals surface area contributed by atoms with Crippen molar-refractivity contribution >= 4 is 16.8 Å². The van der Waals surface area contributed by atoms with Crippen LogP contribution in [0.25, 0.3) is 27.8 Å². The van der Waals surface area contributed by atoms with Gasteiger partial charge >= 0.3 is 0 Å². The number of hydrogen-bond donors (Lipinski definition) is 1. The second kappa shape index (κ2) is 8.05. The normalized spacial score (nSPS) is 14.8. The lowest BCUT2D eigenvalue weighted by molar-refractivity contribution is 0.0664. The predicted octanol–water partition coefficient (Wildman–Crippen LogP) is 2.47. The summed E-state index contributed by atoms with van der Waals surface area (Å²) in [5.41, 5.74) is 4.06. The van der Waals surface area contributed by atoms with Crippen molar-refractivity contribution in [2.24, 2.45) is 0 Å². The van der Waals surface area contributed by atoms with Crippen molar-refractivity contribution in [1.82, 2.24) is 29.8 Å². The van der Waals surface area contributed by atoms with Gasteiger partial charge in [-0.1, -0.05) is 17.3 Å². The average Bonchev–Trinajstić information content (AvgIpc) is 3.29. The van der Waals surface area contributed by atoms with Gasteiger partial charge in [0.05, 0.1) is 17.4 Å². The maximum atomic E-state index is 12.7. The number of benzene rings is 2. The predicted molar refractivity (Wildman–Crippen MR) is 123 cm³/mol. The van der Waals surface area contributed by atoms with Crippen LogP contribution in [0.15, 0.2) is 59.5 Å². The SMILES string of the molecule is Cc1ccc2cc(-c3cn(-c4ccc(C(=O)N5CCN(C)CC5)cc4)nn3)c(=O)[nH]c2c1. The molecule has 0 saturated carbocycles. The summed E-state index contributed by atoms with van der Waals surface area (Å²) in [6, 6.07) is 15.1. The fraction of sp³-hybridized carbons (Fsp3) is 0.250. The standard InChI is InChI=1S/C24H24N6O2/c1-16-3-4-18-14-20(23(31)25-21(18)13-16)22-15-30(27-26-22)19-7-5-17(6-8-19)24(32)29-11-9-28(2)10-12-29/h3-8,13-15H,9-12H2,1-2H3,(H,25,31). The summed E-state index contributed by atoms with van der Waals surface area (Å²) in [5.74, 6) is 0.0434. The molecule has 1 N–H and O–H groups in total. The van der Waals surface area contributed by atoms with Crippen molar-refractivity contribution in [3.63, 3.8) is 0 Å². The number of nitrogens with one attached hydrogen (secondary N) is 1. The van der Waals surface area contributed by atoms with Gasteiger partial charge in [-0.3, -0.25) is 9.59 Å². The van der Waals surface area contributed by atoms with Crippen molar-refractivity contribution in [2.75, 3.05) is 33.2 Å². The number of amides is 1. The van der Waals surface area contributed by atoms with E-state index in [1.54, 1.807) is 10.9 Å². The van der Waals surface area contributed by atoms with Crippen molar-refractivity contribution in [3.05, 3.63) is 76.2 Å². The Bertz CT molecular complexity index is 1350. The summed E-state index contributed by atoms with van der Waals surface area (Å²) in [5, 5.41) is 9.32. The summed E-state index contributed by atoms with van der Waals surface area (Å²) in [6.07, 6.45) is 1.72. The number of fused-ring (bicyclic) bond motifs is 1. The van der Waals surface area contributed by atoms with Gasteiger partial charge in [0, 0.05) is 37.3 Å². The van der Waals surface area contributed by atoms with E-state index in [9.17, 15) is 9.59 Å². The van der Waals surface area contributed by atoms with Crippen LogP contribution in [-0.4, -0.2) is 68.9 Å². The van der Waals surface area contributed by atoms with Crippen LogP contribution < -0.4 is 5.56 Å². The number of pyridine rings is 1. The first-order chi connectivity index (χ1) is 15.5. The fourth-order valence-corrected chi connectivity index (χ4v) is 3.97. The van der Waals surface area contributed by atoms with Gasteiger partial charge < -0.3 is 14.8 Å². The van der Waals surface area contributed by atoms with Crippen LogP contribution in [0, 0.1) is 6.92 Å². The molecule has 0 atom stereocenters. The molecule has 2 aromatic carbocycles. The van der Waals surface area contributed by atoms with Gasteiger partial charge in [0.25, 0.3) is 11.5 Å². The summed E-state index contributed by atoms with van der Waals surface area (Å²) < 4.78 is 1.61. The first kappa shape index (κ1) is 20.1. The number of piperazine rings is 1. The van der Waals surface area contributed by atoms with E-state index >= 15 is 0 Å². The van der Waals surface area contributed by atoms with E-state index in [-0.39, 0.29) is 11.5 Å². The highest BCUT2D eigenvalue weighted by Gasteiger charge is 2.20. The number of nitrogens with zero attached hydrogens (tertiary/aromatic N) is 5. The molecule has 1 aliphatic heterocycles. The third-order valence-electron chi connectivity index (χ3n) is 5.94. The van der Waals surface area contributed by atoms with Crippen LogP contribution in [0.5, 0.6) is 0 Å². The molecule has 0 spiro atoms. The molecule has 0 unspecified atom stereocenters. The molecule has 1 fully saturated rings. The zero-order chi connectivity index (χ0) is 22.2. The first-order valence-electron chi connectivity index (χ1n) is 10.6. The van der Waals surface area contributed by atoms with E-state index in [1.165, 1.54) is 0 Å². The largest absolute Gasteiger partial charge is 0.336 e. The van der Waals surface area contributed by atoms with Gasteiger partial charge in [-0.25, -0.2) is 4.68 Å². The molecule has 1 amide bonds. The number of aromatic amines is 1. The van der Waals surface area contributed by atoms with E-state index in [0.29, 0.717) is 16.8 Å². The molecule has 1 aliphatic rings. The topological polar surface area (TPSA) is 87.1 Å². The van der Waals surface area contributed by atoms with Gasteiger partial charge in [0.1, 0.15) is 5.69 Å². The number of aryl methyl sites for hydroxylation is 1. The van der Waals surface area contributed by atoms with E-state index in [1.807, 2.05) is 60.4 Å². The molecule has 8 nitrogen and oxygen atoms in total. The Morgan fingerprint density at radius 2 is 1.75 bits per heavy atom. The lowest BCUT2D eigenvalue weighted by atomic mass is 10.1. The van der Waals surface area contributed by atoms with Crippen molar-refractivity contribution in [1.29, 1.82) is 0 Å². The Morgan fingerprint density at radius 1 is 1.00 bits per heavy atom. The van der Waals surface area contributed by atoms with Crippen LogP contribution >= 0.6 is 0 Å². The third kappa shape index (κ3) is 3.80. The highest BCUT2D eigenvalue weighted by molar-refractivity contribution is 5.94. The number of hydrogen-bond acceptors (Lipinski definition) is 5. The minimum absolute atomic E-state index is 0.0434. The zero-order valence-corrected chi connectivity index (χ0v) is 18.1. The monoisotopic (exact) mass is 428 g/mol. The van der Waals surface area contributed by atoms with Gasteiger partial charge in [0.2, 0.25) is 0 Å². The quantitative estimate of drug-likeness (QED) is 0.542. The van der Waals surface area contributed by atoms with Crippen LogP contribution in [0.1, 0.15) is 15.9 Å². The average molecular weight is 428 g/mol. The molecule has 0 aliphatic carbocycles. The first-order valence-corrected chi connectivity index (χ1v) is 10.6. The Kier molecular flexibility index (Phi) is 5.07. The number of H-pyrrole nitrogens is 1.